The van der Waals surface area contributed by atoms with Crippen molar-refractivity contribution in [1.29, 1.82) is 0 Å². The lowest BCUT2D eigenvalue weighted by Gasteiger charge is -2.20. The monoisotopic (exact) mass is 243 g/mol. The minimum atomic E-state index is 0.780. The van der Waals surface area contributed by atoms with Crippen molar-refractivity contribution in [3.8, 4) is 0 Å². The summed E-state index contributed by atoms with van der Waals surface area (Å²) in [7, 11) is 0. The second-order valence-electron chi connectivity index (χ2n) is 4.72. The number of hydrogen-bond acceptors (Lipinski definition) is 2. The summed E-state index contributed by atoms with van der Waals surface area (Å²) in [6.45, 7) is 0. The normalized spacial score (nSPS) is 17.4. The lowest BCUT2D eigenvalue weighted by atomic mass is 10.0. The minimum Gasteiger partial charge on any atom is -0.249 e. The summed E-state index contributed by atoms with van der Waals surface area (Å²) in [6, 6.07) is 10.7. The van der Waals surface area contributed by atoms with E-state index in [2.05, 4.69) is 35.3 Å². The minimum absolute atomic E-state index is 0.780. The average molecular weight is 243 g/mol. The molecule has 0 bridgehead atoms. The van der Waals surface area contributed by atoms with Gasteiger partial charge in [0.15, 0.2) is 0 Å². The highest BCUT2D eigenvalue weighted by Gasteiger charge is 2.16. The van der Waals surface area contributed by atoms with E-state index < -0.39 is 0 Å². The molecule has 1 fully saturated rings. The van der Waals surface area contributed by atoms with Gasteiger partial charge in [0.25, 0.3) is 0 Å². The molecule has 1 aromatic carbocycles. The Morgan fingerprint density at radius 2 is 1.82 bits per heavy atom. The first-order valence-electron chi connectivity index (χ1n) is 6.44. The van der Waals surface area contributed by atoms with E-state index in [1.165, 1.54) is 47.9 Å². The molecule has 3 rings (SSSR count). The van der Waals surface area contributed by atoms with Gasteiger partial charge in [-0.05, 0) is 24.3 Å². The Labute approximate surface area is 107 Å². The van der Waals surface area contributed by atoms with E-state index in [4.69, 9.17) is 0 Å². The van der Waals surface area contributed by atoms with Crippen LogP contribution in [0.5, 0.6) is 0 Å². The molecule has 0 radical (unpaired) electrons. The molecule has 1 aliphatic carbocycles. The molecule has 0 aliphatic heterocycles. The predicted octanol–water partition coefficient (Wildman–Crippen LogP) is 4.66. The quantitative estimate of drug-likeness (QED) is 0.761. The van der Waals surface area contributed by atoms with Crippen molar-refractivity contribution in [2.45, 2.75) is 42.4 Å². The van der Waals surface area contributed by atoms with Gasteiger partial charge in [0, 0.05) is 16.8 Å². The first kappa shape index (κ1) is 11.1. The Bertz CT molecular complexity index is 498. The zero-order valence-electron chi connectivity index (χ0n) is 9.93. The van der Waals surface area contributed by atoms with Crippen LogP contribution in [0.25, 0.3) is 10.8 Å². The summed E-state index contributed by atoms with van der Waals surface area (Å²) in [5.41, 5.74) is 0. The molecule has 1 heterocycles. The van der Waals surface area contributed by atoms with Crippen molar-refractivity contribution < 1.29 is 0 Å². The number of benzene rings is 1. The maximum absolute atomic E-state index is 4.56. The largest absolute Gasteiger partial charge is 0.249 e. The number of rotatable bonds is 2. The van der Waals surface area contributed by atoms with Crippen LogP contribution in [-0.4, -0.2) is 10.2 Å². The summed E-state index contributed by atoms with van der Waals surface area (Å²) in [4.78, 5) is 4.56. The van der Waals surface area contributed by atoms with Crippen LogP contribution < -0.4 is 0 Å². The summed E-state index contributed by atoms with van der Waals surface area (Å²) in [5, 5.41) is 4.61. The van der Waals surface area contributed by atoms with E-state index >= 15 is 0 Å². The van der Waals surface area contributed by atoms with Crippen LogP contribution in [0.2, 0.25) is 0 Å². The van der Waals surface area contributed by atoms with Gasteiger partial charge in [-0.25, -0.2) is 4.98 Å². The van der Waals surface area contributed by atoms with Crippen LogP contribution in [0, 0.1) is 0 Å². The van der Waals surface area contributed by atoms with Crippen LogP contribution in [0.15, 0.2) is 41.6 Å². The van der Waals surface area contributed by atoms with E-state index in [1.54, 1.807) is 0 Å². The van der Waals surface area contributed by atoms with Gasteiger partial charge in [0.1, 0.15) is 5.03 Å². The fourth-order valence-corrected chi connectivity index (χ4v) is 3.85. The third-order valence-electron chi connectivity index (χ3n) is 3.47. The number of fused-ring (bicyclic) bond motifs is 1. The van der Waals surface area contributed by atoms with Gasteiger partial charge in [-0.2, -0.15) is 0 Å². The Kier molecular flexibility index (Phi) is 3.32. The molecule has 0 unspecified atom stereocenters. The zero-order valence-corrected chi connectivity index (χ0v) is 10.7. The Balaban J connectivity index is 1.89. The summed E-state index contributed by atoms with van der Waals surface area (Å²) in [5.74, 6) is 0. The maximum Gasteiger partial charge on any atom is 0.104 e. The molecule has 88 valence electrons. The molecular weight excluding hydrogens is 226 g/mol. The maximum atomic E-state index is 4.56. The second kappa shape index (κ2) is 5.09. The van der Waals surface area contributed by atoms with Gasteiger partial charge in [0.05, 0.1) is 0 Å². The average Bonchev–Trinajstić information content (AvgIpc) is 2.40. The van der Waals surface area contributed by atoms with Crippen molar-refractivity contribution in [2.75, 3.05) is 0 Å². The molecule has 0 amide bonds. The van der Waals surface area contributed by atoms with E-state index in [1.807, 2.05) is 18.0 Å². The Morgan fingerprint density at radius 3 is 2.71 bits per heavy atom. The van der Waals surface area contributed by atoms with Crippen molar-refractivity contribution >= 4 is 22.5 Å². The van der Waals surface area contributed by atoms with E-state index in [9.17, 15) is 0 Å². The fraction of sp³-hybridized carbons (Fsp3) is 0.400. The molecule has 1 aromatic heterocycles. The van der Waals surface area contributed by atoms with Gasteiger partial charge in [-0.1, -0.05) is 43.5 Å². The summed E-state index contributed by atoms with van der Waals surface area (Å²) >= 11 is 1.98. The van der Waals surface area contributed by atoms with E-state index in [-0.39, 0.29) is 0 Å². The van der Waals surface area contributed by atoms with Crippen molar-refractivity contribution in [3.63, 3.8) is 0 Å². The van der Waals surface area contributed by atoms with Gasteiger partial charge < -0.3 is 0 Å². The van der Waals surface area contributed by atoms with E-state index in [0.29, 0.717) is 0 Å². The second-order valence-corrected chi connectivity index (χ2v) is 6.00. The lowest BCUT2D eigenvalue weighted by molar-refractivity contribution is 0.516. The van der Waals surface area contributed by atoms with E-state index in [0.717, 1.165) is 5.25 Å². The van der Waals surface area contributed by atoms with Crippen molar-refractivity contribution in [1.82, 2.24) is 4.98 Å². The summed E-state index contributed by atoms with van der Waals surface area (Å²) in [6.07, 6.45) is 8.85. The van der Waals surface area contributed by atoms with Gasteiger partial charge >= 0.3 is 0 Å². The molecule has 1 nitrogen and oxygen atoms in total. The number of aromatic nitrogens is 1. The number of pyridine rings is 1. The molecule has 2 heteroatoms. The van der Waals surface area contributed by atoms with Gasteiger partial charge in [-0.15, -0.1) is 11.8 Å². The summed E-state index contributed by atoms with van der Waals surface area (Å²) < 4.78 is 0. The fourth-order valence-electron chi connectivity index (χ4n) is 2.53. The first-order valence-corrected chi connectivity index (χ1v) is 7.32. The molecule has 1 saturated carbocycles. The molecule has 1 aliphatic rings. The highest BCUT2D eigenvalue weighted by molar-refractivity contribution is 8.00. The topological polar surface area (TPSA) is 12.9 Å². The van der Waals surface area contributed by atoms with Crippen LogP contribution in [0.1, 0.15) is 32.1 Å². The third-order valence-corrected chi connectivity index (χ3v) is 4.82. The van der Waals surface area contributed by atoms with Gasteiger partial charge in [0.2, 0.25) is 0 Å². The van der Waals surface area contributed by atoms with Crippen molar-refractivity contribution in [3.05, 3.63) is 36.5 Å². The molecule has 2 aromatic rings. The highest BCUT2D eigenvalue weighted by atomic mass is 32.2. The molecule has 0 saturated heterocycles. The van der Waals surface area contributed by atoms with Crippen LogP contribution >= 0.6 is 11.8 Å². The molecule has 0 spiro atoms. The zero-order chi connectivity index (χ0) is 11.5. The smallest absolute Gasteiger partial charge is 0.104 e. The van der Waals surface area contributed by atoms with Gasteiger partial charge in [-0.3, -0.25) is 0 Å². The number of nitrogens with zero attached hydrogens (tertiary/aromatic N) is 1. The van der Waals surface area contributed by atoms with Crippen LogP contribution in [0.4, 0.5) is 0 Å². The SMILES string of the molecule is c1ccc2c(SC3CCCCC3)nccc2c1. The first-order chi connectivity index (χ1) is 8.43. The number of hydrogen-bond donors (Lipinski definition) is 0. The van der Waals surface area contributed by atoms with Crippen LogP contribution in [-0.2, 0) is 0 Å². The van der Waals surface area contributed by atoms with Crippen LogP contribution in [0.3, 0.4) is 0 Å². The predicted molar refractivity (Wildman–Crippen MR) is 74.5 cm³/mol. The van der Waals surface area contributed by atoms with Crippen molar-refractivity contribution in [2.24, 2.45) is 0 Å². The standard InChI is InChI=1S/C15H17NS/c1-2-7-13(8-3-1)17-15-14-9-5-4-6-12(14)10-11-16-15/h4-6,9-11,13H,1-3,7-8H2. The molecule has 0 N–H and O–H groups in total. The highest BCUT2D eigenvalue weighted by Crippen LogP contribution is 2.35. The molecular formula is C15H17NS. The Morgan fingerprint density at radius 1 is 1.00 bits per heavy atom. The lowest BCUT2D eigenvalue weighted by Crippen LogP contribution is -2.08. The Hall–Kier alpha value is -1.02. The molecule has 17 heavy (non-hydrogen) atoms. The third kappa shape index (κ3) is 2.47. The number of thioether (sulfide) groups is 1. The molecule has 0 atom stereocenters.